The van der Waals surface area contributed by atoms with Crippen LogP contribution in [0.4, 0.5) is 5.69 Å². The lowest BCUT2D eigenvalue weighted by atomic mass is 10.2. The van der Waals surface area contributed by atoms with Crippen molar-refractivity contribution in [2.75, 3.05) is 18.4 Å². The van der Waals surface area contributed by atoms with E-state index in [0.29, 0.717) is 27.7 Å². The van der Waals surface area contributed by atoms with Crippen molar-refractivity contribution in [1.29, 1.82) is 0 Å². The number of thiazole rings is 1. The quantitative estimate of drug-likeness (QED) is 0.759. The van der Waals surface area contributed by atoms with E-state index in [4.69, 9.17) is 4.42 Å². The third-order valence-corrected chi connectivity index (χ3v) is 5.11. The molecule has 2 aromatic heterocycles. The second kappa shape index (κ2) is 7.13. The number of carbonyl (C=O) groups is 2. The summed E-state index contributed by atoms with van der Waals surface area (Å²) in [5.41, 5.74) is 1.60. The van der Waals surface area contributed by atoms with Crippen molar-refractivity contribution in [1.82, 2.24) is 9.88 Å². The second-order valence-corrected chi connectivity index (χ2v) is 6.90. The Labute approximate surface area is 154 Å². The number of nitrogens with one attached hydrogen (secondary N) is 1. The number of nitrogens with zero attached hydrogens (tertiary/aromatic N) is 2. The summed E-state index contributed by atoms with van der Waals surface area (Å²) in [6, 6.07) is 10.5. The molecular weight excluding hydrogens is 350 g/mol. The van der Waals surface area contributed by atoms with E-state index in [9.17, 15) is 9.59 Å². The molecule has 4 rings (SSSR count). The van der Waals surface area contributed by atoms with Crippen LogP contribution in [0.3, 0.4) is 0 Å². The number of benzene rings is 1. The van der Waals surface area contributed by atoms with Crippen LogP contribution in [0, 0.1) is 0 Å². The van der Waals surface area contributed by atoms with Gasteiger partial charge in [0.05, 0.1) is 6.26 Å². The summed E-state index contributed by atoms with van der Waals surface area (Å²) < 4.78 is 5.29. The minimum absolute atomic E-state index is 0.0444. The largest absolute Gasteiger partial charge is 0.462 e. The van der Waals surface area contributed by atoms with Crippen molar-refractivity contribution in [3.63, 3.8) is 0 Å². The van der Waals surface area contributed by atoms with Gasteiger partial charge in [-0.3, -0.25) is 9.59 Å². The Morgan fingerprint density at radius 3 is 2.58 bits per heavy atom. The van der Waals surface area contributed by atoms with E-state index in [0.717, 1.165) is 25.9 Å². The maximum Gasteiger partial charge on any atom is 0.275 e. The molecule has 0 saturated carbocycles. The molecule has 0 aliphatic carbocycles. The Kier molecular flexibility index (Phi) is 4.53. The summed E-state index contributed by atoms with van der Waals surface area (Å²) in [4.78, 5) is 30.8. The van der Waals surface area contributed by atoms with Gasteiger partial charge in [-0.05, 0) is 49.2 Å². The van der Waals surface area contributed by atoms with Crippen LogP contribution in [0.15, 0.2) is 52.5 Å². The molecule has 0 atom stereocenters. The summed E-state index contributed by atoms with van der Waals surface area (Å²) in [6.07, 6.45) is 3.70. The highest BCUT2D eigenvalue weighted by atomic mass is 32.1. The molecule has 2 amide bonds. The minimum Gasteiger partial charge on any atom is -0.462 e. The van der Waals surface area contributed by atoms with E-state index >= 15 is 0 Å². The van der Waals surface area contributed by atoms with Crippen molar-refractivity contribution in [2.24, 2.45) is 0 Å². The first-order chi connectivity index (χ1) is 12.7. The zero-order valence-electron chi connectivity index (χ0n) is 14.0. The number of anilines is 1. The van der Waals surface area contributed by atoms with Gasteiger partial charge in [-0.25, -0.2) is 4.98 Å². The number of furan rings is 1. The number of rotatable bonds is 4. The maximum atomic E-state index is 12.4. The molecule has 0 spiro atoms. The van der Waals surface area contributed by atoms with Gasteiger partial charge in [0.25, 0.3) is 11.8 Å². The zero-order chi connectivity index (χ0) is 17.9. The molecule has 132 valence electrons. The number of carbonyl (C=O) groups excluding carboxylic acids is 2. The summed E-state index contributed by atoms with van der Waals surface area (Å²) in [5.74, 6) is 0.388. The third kappa shape index (κ3) is 3.39. The molecule has 1 saturated heterocycles. The number of hydrogen-bond donors (Lipinski definition) is 1. The third-order valence-electron chi connectivity index (χ3n) is 4.25. The first kappa shape index (κ1) is 16.5. The first-order valence-corrected chi connectivity index (χ1v) is 9.29. The van der Waals surface area contributed by atoms with E-state index in [1.165, 1.54) is 11.3 Å². The lowest BCUT2D eigenvalue weighted by molar-refractivity contribution is 0.0792. The number of hydrogen-bond acceptors (Lipinski definition) is 5. The SMILES string of the molecule is O=C(Nc1ccc(C(=O)N2CCCC2)cc1)c1csc(-c2ccco2)n1. The normalized spacial score (nSPS) is 13.8. The van der Waals surface area contributed by atoms with Crippen LogP contribution in [0.2, 0.25) is 0 Å². The standard InChI is InChI=1S/C19H17N3O3S/c23-17(15-12-26-18(21-15)16-4-3-11-25-16)20-14-7-5-13(6-8-14)19(24)22-9-1-2-10-22/h3-8,11-12H,1-2,9-10H2,(H,20,23). The monoisotopic (exact) mass is 367 g/mol. The van der Waals surface area contributed by atoms with Gasteiger partial charge in [0.15, 0.2) is 10.8 Å². The molecule has 3 aromatic rings. The fourth-order valence-electron chi connectivity index (χ4n) is 2.89. The Bertz CT molecular complexity index is 910. The van der Waals surface area contributed by atoms with Crippen LogP contribution < -0.4 is 5.32 Å². The van der Waals surface area contributed by atoms with Gasteiger partial charge in [0.2, 0.25) is 0 Å². The number of amides is 2. The second-order valence-electron chi connectivity index (χ2n) is 6.05. The first-order valence-electron chi connectivity index (χ1n) is 8.41. The summed E-state index contributed by atoms with van der Waals surface area (Å²) >= 11 is 1.35. The van der Waals surface area contributed by atoms with Gasteiger partial charge in [-0.2, -0.15) is 0 Å². The number of likely N-dealkylation sites (tertiary alicyclic amines) is 1. The molecule has 1 aliphatic heterocycles. The Hall–Kier alpha value is -2.93. The molecular formula is C19H17N3O3S. The molecule has 0 radical (unpaired) electrons. The molecule has 1 aliphatic rings. The Morgan fingerprint density at radius 1 is 1.12 bits per heavy atom. The van der Waals surface area contributed by atoms with Gasteiger partial charge >= 0.3 is 0 Å². The van der Waals surface area contributed by atoms with E-state index in [1.54, 1.807) is 48.0 Å². The lowest BCUT2D eigenvalue weighted by Crippen LogP contribution is -2.27. The summed E-state index contributed by atoms with van der Waals surface area (Å²) in [6.45, 7) is 1.64. The highest BCUT2D eigenvalue weighted by Crippen LogP contribution is 2.24. The van der Waals surface area contributed by atoms with Crippen LogP contribution in [0.5, 0.6) is 0 Å². The molecule has 26 heavy (non-hydrogen) atoms. The van der Waals surface area contributed by atoms with Crippen molar-refractivity contribution in [3.05, 3.63) is 59.3 Å². The average Bonchev–Trinajstić information content (AvgIpc) is 3.43. The van der Waals surface area contributed by atoms with Crippen molar-refractivity contribution >= 4 is 28.8 Å². The predicted octanol–water partition coefficient (Wildman–Crippen LogP) is 3.89. The summed E-state index contributed by atoms with van der Waals surface area (Å²) in [7, 11) is 0. The van der Waals surface area contributed by atoms with Crippen LogP contribution in [0.25, 0.3) is 10.8 Å². The molecule has 1 fully saturated rings. The fourth-order valence-corrected chi connectivity index (χ4v) is 3.65. The highest BCUT2D eigenvalue weighted by molar-refractivity contribution is 7.13. The molecule has 1 N–H and O–H groups in total. The van der Waals surface area contributed by atoms with E-state index in [2.05, 4.69) is 10.3 Å². The van der Waals surface area contributed by atoms with E-state index < -0.39 is 0 Å². The van der Waals surface area contributed by atoms with Gasteiger partial charge in [-0.15, -0.1) is 11.3 Å². The molecule has 1 aromatic carbocycles. The predicted molar refractivity (Wildman–Crippen MR) is 99.3 cm³/mol. The van der Waals surface area contributed by atoms with Crippen LogP contribution in [0.1, 0.15) is 33.7 Å². The summed E-state index contributed by atoms with van der Waals surface area (Å²) in [5, 5.41) is 5.15. The van der Waals surface area contributed by atoms with E-state index in [1.807, 2.05) is 4.90 Å². The van der Waals surface area contributed by atoms with Crippen molar-refractivity contribution in [3.8, 4) is 10.8 Å². The van der Waals surface area contributed by atoms with E-state index in [-0.39, 0.29) is 11.8 Å². The minimum atomic E-state index is -0.294. The van der Waals surface area contributed by atoms with Gasteiger partial charge < -0.3 is 14.6 Å². The smallest absolute Gasteiger partial charge is 0.275 e. The highest BCUT2D eigenvalue weighted by Gasteiger charge is 2.19. The molecule has 6 nitrogen and oxygen atoms in total. The van der Waals surface area contributed by atoms with Crippen LogP contribution in [-0.4, -0.2) is 34.8 Å². The van der Waals surface area contributed by atoms with Crippen LogP contribution in [-0.2, 0) is 0 Å². The average molecular weight is 367 g/mol. The Balaban J connectivity index is 1.42. The molecule has 0 bridgehead atoms. The zero-order valence-corrected chi connectivity index (χ0v) is 14.8. The molecule has 7 heteroatoms. The molecule has 0 unspecified atom stereocenters. The van der Waals surface area contributed by atoms with Crippen molar-refractivity contribution < 1.29 is 14.0 Å². The lowest BCUT2D eigenvalue weighted by Gasteiger charge is -2.15. The van der Waals surface area contributed by atoms with Gasteiger partial charge in [-0.1, -0.05) is 0 Å². The van der Waals surface area contributed by atoms with Gasteiger partial charge in [0.1, 0.15) is 5.69 Å². The van der Waals surface area contributed by atoms with Gasteiger partial charge in [0, 0.05) is 29.7 Å². The Morgan fingerprint density at radius 2 is 1.88 bits per heavy atom. The number of aromatic nitrogens is 1. The van der Waals surface area contributed by atoms with Crippen molar-refractivity contribution in [2.45, 2.75) is 12.8 Å². The van der Waals surface area contributed by atoms with Crippen LogP contribution >= 0.6 is 11.3 Å². The topological polar surface area (TPSA) is 75.4 Å². The maximum absolute atomic E-state index is 12.4. The molecule has 3 heterocycles. The fraction of sp³-hybridized carbons (Fsp3) is 0.211.